The van der Waals surface area contributed by atoms with E-state index in [0.29, 0.717) is 19.5 Å². The van der Waals surface area contributed by atoms with Crippen molar-refractivity contribution in [2.24, 2.45) is 5.92 Å². The van der Waals surface area contributed by atoms with Crippen molar-refractivity contribution in [3.8, 4) is 0 Å². The van der Waals surface area contributed by atoms with Crippen LogP contribution in [0.5, 0.6) is 0 Å². The molecule has 0 radical (unpaired) electrons. The molecule has 25 heavy (non-hydrogen) atoms. The van der Waals surface area contributed by atoms with E-state index in [2.05, 4.69) is 16.4 Å². The molecule has 1 saturated heterocycles. The summed E-state index contributed by atoms with van der Waals surface area (Å²) in [6.07, 6.45) is 2.70. The van der Waals surface area contributed by atoms with Crippen LogP contribution in [0, 0.1) is 19.8 Å². The summed E-state index contributed by atoms with van der Waals surface area (Å²) in [5, 5.41) is 2.93. The van der Waals surface area contributed by atoms with Crippen LogP contribution < -0.4 is 10.2 Å². The molecule has 2 heterocycles. The highest BCUT2D eigenvalue weighted by Crippen LogP contribution is 2.27. The Morgan fingerprint density at radius 2 is 2.00 bits per heavy atom. The van der Waals surface area contributed by atoms with Gasteiger partial charge in [-0.2, -0.15) is 0 Å². The number of benzene rings is 1. The average Bonchev–Trinajstić information content (AvgIpc) is 2.97. The van der Waals surface area contributed by atoms with Gasteiger partial charge in [0.25, 0.3) is 0 Å². The highest BCUT2D eigenvalue weighted by Gasteiger charge is 2.35. The van der Waals surface area contributed by atoms with Crippen molar-refractivity contribution in [1.82, 2.24) is 10.3 Å². The number of pyridine rings is 1. The molecule has 1 unspecified atom stereocenters. The number of carbonyl (C=O) groups is 2. The lowest BCUT2D eigenvalue weighted by atomic mass is 10.1. The fourth-order valence-corrected chi connectivity index (χ4v) is 3.24. The van der Waals surface area contributed by atoms with Gasteiger partial charge < -0.3 is 10.2 Å². The number of carbonyl (C=O) groups excluding carboxylic acids is 2. The predicted octanol–water partition coefficient (Wildman–Crippen LogP) is 2.41. The van der Waals surface area contributed by atoms with Crippen LogP contribution in [-0.2, 0) is 16.0 Å². The molecule has 1 aromatic heterocycles. The number of aryl methyl sites for hydroxylation is 2. The molecule has 1 aliphatic rings. The summed E-state index contributed by atoms with van der Waals surface area (Å²) in [7, 11) is 0. The van der Waals surface area contributed by atoms with Crippen LogP contribution in [-0.4, -0.2) is 29.9 Å². The molecular weight excluding hydrogens is 314 g/mol. The standard InChI is InChI=1S/C20H23N3O2/c1-14-9-15(2)11-18(10-14)23-13-16(12-19(23)24)20(25)22-8-6-17-5-3-4-7-21-17/h3-5,7,9-11,16H,6,8,12-13H2,1-2H3,(H,22,25). The molecule has 2 amide bonds. The van der Waals surface area contributed by atoms with E-state index in [9.17, 15) is 9.59 Å². The number of nitrogens with one attached hydrogen (secondary N) is 1. The van der Waals surface area contributed by atoms with Gasteiger partial charge in [0.05, 0.1) is 5.92 Å². The van der Waals surface area contributed by atoms with E-state index in [4.69, 9.17) is 0 Å². The number of anilines is 1. The molecule has 0 aliphatic carbocycles. The summed E-state index contributed by atoms with van der Waals surface area (Å²) in [4.78, 5) is 30.7. The van der Waals surface area contributed by atoms with Gasteiger partial charge in [-0.15, -0.1) is 0 Å². The van der Waals surface area contributed by atoms with Crippen LogP contribution in [0.15, 0.2) is 42.6 Å². The van der Waals surface area contributed by atoms with Gasteiger partial charge in [-0.05, 0) is 49.2 Å². The SMILES string of the molecule is Cc1cc(C)cc(N2CC(C(=O)NCCc3ccccn3)CC2=O)c1. The van der Waals surface area contributed by atoms with Crippen molar-refractivity contribution in [2.45, 2.75) is 26.7 Å². The maximum Gasteiger partial charge on any atom is 0.227 e. The number of hydrogen-bond donors (Lipinski definition) is 1. The van der Waals surface area contributed by atoms with E-state index in [1.54, 1.807) is 11.1 Å². The van der Waals surface area contributed by atoms with Crippen molar-refractivity contribution in [2.75, 3.05) is 18.0 Å². The number of amides is 2. The predicted molar refractivity (Wildman–Crippen MR) is 97.3 cm³/mol. The van der Waals surface area contributed by atoms with Gasteiger partial charge in [0.15, 0.2) is 0 Å². The van der Waals surface area contributed by atoms with Crippen molar-refractivity contribution in [1.29, 1.82) is 0 Å². The summed E-state index contributed by atoms with van der Waals surface area (Å²) in [6.45, 7) is 5.00. The summed E-state index contributed by atoms with van der Waals surface area (Å²) in [6, 6.07) is 11.8. The maximum atomic E-state index is 12.4. The van der Waals surface area contributed by atoms with Gasteiger partial charge in [-0.3, -0.25) is 14.6 Å². The molecule has 1 fully saturated rings. The zero-order chi connectivity index (χ0) is 17.8. The highest BCUT2D eigenvalue weighted by molar-refractivity contribution is 6.00. The van der Waals surface area contributed by atoms with Crippen molar-refractivity contribution in [3.05, 3.63) is 59.4 Å². The van der Waals surface area contributed by atoms with Crippen LogP contribution in [0.4, 0.5) is 5.69 Å². The molecule has 5 heteroatoms. The molecular formula is C20H23N3O2. The van der Waals surface area contributed by atoms with Crippen LogP contribution in [0.1, 0.15) is 23.2 Å². The lowest BCUT2D eigenvalue weighted by molar-refractivity contribution is -0.126. The molecule has 1 N–H and O–H groups in total. The second-order valence-electron chi connectivity index (χ2n) is 6.61. The van der Waals surface area contributed by atoms with Crippen LogP contribution in [0.2, 0.25) is 0 Å². The third-order valence-corrected chi connectivity index (χ3v) is 4.42. The zero-order valence-electron chi connectivity index (χ0n) is 14.7. The van der Waals surface area contributed by atoms with Crippen LogP contribution in [0.25, 0.3) is 0 Å². The number of hydrogen-bond acceptors (Lipinski definition) is 3. The first-order valence-corrected chi connectivity index (χ1v) is 8.59. The van der Waals surface area contributed by atoms with Gasteiger partial charge in [0.2, 0.25) is 11.8 Å². The minimum absolute atomic E-state index is 0.00914. The first-order valence-electron chi connectivity index (χ1n) is 8.59. The van der Waals surface area contributed by atoms with Gasteiger partial charge in [0, 0.05) is 43.5 Å². The third-order valence-electron chi connectivity index (χ3n) is 4.42. The topological polar surface area (TPSA) is 62.3 Å². The first kappa shape index (κ1) is 17.1. The number of aromatic nitrogens is 1. The summed E-state index contributed by atoms with van der Waals surface area (Å²) in [5.41, 5.74) is 4.06. The molecule has 5 nitrogen and oxygen atoms in total. The Balaban J connectivity index is 1.57. The monoisotopic (exact) mass is 337 g/mol. The van der Waals surface area contributed by atoms with E-state index >= 15 is 0 Å². The molecule has 1 aromatic carbocycles. The Hall–Kier alpha value is -2.69. The minimum Gasteiger partial charge on any atom is -0.355 e. The fourth-order valence-electron chi connectivity index (χ4n) is 3.24. The van der Waals surface area contributed by atoms with Gasteiger partial charge in [-0.25, -0.2) is 0 Å². The Morgan fingerprint density at radius 1 is 1.24 bits per heavy atom. The molecule has 130 valence electrons. The van der Waals surface area contributed by atoms with Crippen LogP contribution >= 0.6 is 0 Å². The lowest BCUT2D eigenvalue weighted by Gasteiger charge is -2.18. The highest BCUT2D eigenvalue weighted by atomic mass is 16.2. The average molecular weight is 337 g/mol. The molecule has 0 spiro atoms. The van der Waals surface area contributed by atoms with E-state index < -0.39 is 0 Å². The molecule has 0 saturated carbocycles. The first-order chi connectivity index (χ1) is 12.0. The lowest BCUT2D eigenvalue weighted by Crippen LogP contribution is -2.34. The summed E-state index contributed by atoms with van der Waals surface area (Å²) >= 11 is 0. The molecule has 1 aliphatic heterocycles. The number of rotatable bonds is 5. The Labute approximate surface area is 148 Å². The molecule has 0 bridgehead atoms. The second kappa shape index (κ2) is 7.47. The largest absolute Gasteiger partial charge is 0.355 e. The van der Waals surface area contributed by atoms with Crippen molar-refractivity contribution < 1.29 is 9.59 Å². The minimum atomic E-state index is -0.294. The second-order valence-corrected chi connectivity index (χ2v) is 6.61. The Morgan fingerprint density at radius 3 is 2.68 bits per heavy atom. The van der Waals surface area contributed by atoms with Crippen molar-refractivity contribution >= 4 is 17.5 Å². The van der Waals surface area contributed by atoms with Gasteiger partial charge in [-0.1, -0.05) is 12.1 Å². The maximum absolute atomic E-state index is 12.4. The quantitative estimate of drug-likeness (QED) is 0.911. The van der Waals surface area contributed by atoms with Crippen LogP contribution in [0.3, 0.4) is 0 Å². The number of nitrogens with zero attached hydrogens (tertiary/aromatic N) is 2. The smallest absolute Gasteiger partial charge is 0.227 e. The van der Waals surface area contributed by atoms with E-state index in [1.165, 1.54) is 0 Å². The van der Waals surface area contributed by atoms with E-state index in [0.717, 1.165) is 22.5 Å². The van der Waals surface area contributed by atoms with E-state index in [1.807, 2.05) is 44.2 Å². The van der Waals surface area contributed by atoms with Crippen molar-refractivity contribution in [3.63, 3.8) is 0 Å². The Kier molecular flexibility index (Phi) is 5.12. The van der Waals surface area contributed by atoms with Gasteiger partial charge in [0.1, 0.15) is 0 Å². The normalized spacial score (nSPS) is 17.0. The van der Waals surface area contributed by atoms with Gasteiger partial charge >= 0.3 is 0 Å². The van der Waals surface area contributed by atoms with E-state index in [-0.39, 0.29) is 24.2 Å². The molecule has 3 rings (SSSR count). The summed E-state index contributed by atoms with van der Waals surface area (Å²) < 4.78 is 0. The summed E-state index contributed by atoms with van der Waals surface area (Å²) in [5.74, 6) is -0.344. The fraction of sp³-hybridized carbons (Fsp3) is 0.350. The third kappa shape index (κ3) is 4.24. The molecule has 2 aromatic rings. The molecule has 1 atom stereocenters. The Bertz CT molecular complexity index is 754. The zero-order valence-corrected chi connectivity index (χ0v) is 14.7.